The highest BCUT2D eigenvalue weighted by Crippen LogP contribution is 2.25. The smallest absolute Gasteiger partial charge is 0.321 e. The number of urea groups is 1. The predicted octanol–water partition coefficient (Wildman–Crippen LogP) is 2.88. The highest BCUT2D eigenvalue weighted by molar-refractivity contribution is 7.91. The number of halogens is 1. The van der Waals surface area contributed by atoms with Crippen LogP contribution < -0.4 is 5.32 Å². The molecule has 0 aromatic heterocycles. The summed E-state index contributed by atoms with van der Waals surface area (Å²) in [6.07, 6.45) is 1.96. The highest BCUT2D eigenvalue weighted by Gasteiger charge is 2.26. The van der Waals surface area contributed by atoms with Gasteiger partial charge in [0.1, 0.15) is 5.82 Å². The van der Waals surface area contributed by atoms with Crippen LogP contribution in [0.3, 0.4) is 0 Å². The average Bonchev–Trinajstić information content (AvgIpc) is 2.98. The highest BCUT2D eigenvalue weighted by atomic mass is 32.2. The zero-order valence-corrected chi connectivity index (χ0v) is 13.6. The Balaban J connectivity index is 2.21. The lowest BCUT2D eigenvalue weighted by atomic mass is 10.1. The SMILES string of the molecule is CC[C@@H]1CCN(C(=O)Nc2ccc(F)cc2S(=O)(=O)CC)C1. The number of rotatable bonds is 4. The Morgan fingerprint density at radius 3 is 2.73 bits per heavy atom. The van der Waals surface area contributed by atoms with E-state index in [1.165, 1.54) is 13.0 Å². The monoisotopic (exact) mass is 328 g/mol. The second kappa shape index (κ2) is 6.64. The van der Waals surface area contributed by atoms with Crippen molar-refractivity contribution in [1.29, 1.82) is 0 Å². The first-order chi connectivity index (χ1) is 10.4. The molecule has 0 saturated carbocycles. The van der Waals surface area contributed by atoms with Crippen LogP contribution in [-0.2, 0) is 9.84 Å². The van der Waals surface area contributed by atoms with Crippen molar-refractivity contribution in [3.63, 3.8) is 0 Å². The van der Waals surface area contributed by atoms with E-state index < -0.39 is 15.7 Å². The number of sulfone groups is 1. The number of nitrogens with zero attached hydrogens (tertiary/aromatic N) is 1. The first-order valence-electron chi connectivity index (χ1n) is 7.45. The van der Waals surface area contributed by atoms with Crippen molar-refractivity contribution in [3.8, 4) is 0 Å². The van der Waals surface area contributed by atoms with E-state index in [0.717, 1.165) is 25.0 Å². The fourth-order valence-electron chi connectivity index (χ4n) is 2.56. The summed E-state index contributed by atoms with van der Waals surface area (Å²) in [7, 11) is -3.61. The Bertz CT molecular complexity index is 661. The summed E-state index contributed by atoms with van der Waals surface area (Å²) < 4.78 is 37.4. The van der Waals surface area contributed by atoms with Gasteiger partial charge in [0.25, 0.3) is 0 Å². The Morgan fingerprint density at radius 2 is 2.14 bits per heavy atom. The molecule has 1 atom stereocenters. The maximum Gasteiger partial charge on any atom is 0.321 e. The third-order valence-electron chi connectivity index (χ3n) is 4.05. The van der Waals surface area contributed by atoms with Gasteiger partial charge >= 0.3 is 6.03 Å². The molecule has 1 fully saturated rings. The normalized spacial score (nSPS) is 18.5. The van der Waals surface area contributed by atoms with E-state index in [2.05, 4.69) is 12.2 Å². The molecule has 2 rings (SSSR count). The van der Waals surface area contributed by atoms with Gasteiger partial charge in [-0.25, -0.2) is 17.6 Å². The van der Waals surface area contributed by atoms with Crippen LogP contribution in [0.5, 0.6) is 0 Å². The molecule has 7 heteroatoms. The van der Waals surface area contributed by atoms with Crippen molar-refractivity contribution >= 4 is 21.6 Å². The molecule has 0 radical (unpaired) electrons. The van der Waals surface area contributed by atoms with E-state index in [1.54, 1.807) is 4.90 Å². The molecule has 5 nitrogen and oxygen atoms in total. The molecule has 22 heavy (non-hydrogen) atoms. The van der Waals surface area contributed by atoms with Gasteiger partial charge in [-0.1, -0.05) is 20.3 Å². The summed E-state index contributed by atoms with van der Waals surface area (Å²) in [6.45, 7) is 4.89. The van der Waals surface area contributed by atoms with Crippen LogP contribution in [0.1, 0.15) is 26.7 Å². The van der Waals surface area contributed by atoms with Gasteiger partial charge < -0.3 is 10.2 Å². The van der Waals surface area contributed by atoms with Crippen molar-refractivity contribution in [2.45, 2.75) is 31.6 Å². The molecular formula is C15H21FN2O3S. The van der Waals surface area contributed by atoms with E-state index >= 15 is 0 Å². The molecule has 1 aliphatic heterocycles. The molecule has 1 aromatic rings. The van der Waals surface area contributed by atoms with Gasteiger partial charge in [-0.05, 0) is 30.5 Å². The van der Waals surface area contributed by atoms with E-state index in [0.29, 0.717) is 19.0 Å². The van der Waals surface area contributed by atoms with Gasteiger partial charge in [-0.2, -0.15) is 0 Å². The number of benzene rings is 1. The van der Waals surface area contributed by atoms with Crippen LogP contribution in [0.25, 0.3) is 0 Å². The largest absolute Gasteiger partial charge is 0.324 e. The molecule has 2 amide bonds. The molecule has 1 N–H and O–H groups in total. The molecule has 1 heterocycles. The van der Waals surface area contributed by atoms with Crippen LogP contribution >= 0.6 is 0 Å². The molecule has 122 valence electrons. The van der Waals surface area contributed by atoms with Crippen LogP contribution in [0.4, 0.5) is 14.9 Å². The number of hydrogen-bond acceptors (Lipinski definition) is 3. The number of hydrogen-bond donors (Lipinski definition) is 1. The second-order valence-corrected chi connectivity index (χ2v) is 7.73. The molecule has 0 aliphatic carbocycles. The number of carbonyl (C=O) groups excluding carboxylic acids is 1. The van der Waals surface area contributed by atoms with Gasteiger partial charge in [0.05, 0.1) is 16.3 Å². The fourth-order valence-corrected chi connectivity index (χ4v) is 3.61. The lowest BCUT2D eigenvalue weighted by molar-refractivity contribution is 0.220. The van der Waals surface area contributed by atoms with Gasteiger partial charge in [-0.3, -0.25) is 0 Å². The minimum atomic E-state index is -3.61. The first-order valence-corrected chi connectivity index (χ1v) is 9.10. The summed E-state index contributed by atoms with van der Waals surface area (Å²) in [6, 6.07) is 3.05. The Labute approximate surface area is 130 Å². The maximum absolute atomic E-state index is 13.4. The Hall–Kier alpha value is -1.63. The molecule has 1 saturated heterocycles. The summed E-state index contributed by atoms with van der Waals surface area (Å²) in [5, 5.41) is 2.61. The molecule has 0 unspecified atom stereocenters. The third-order valence-corrected chi connectivity index (χ3v) is 5.82. The minimum Gasteiger partial charge on any atom is -0.324 e. The average molecular weight is 328 g/mol. The van der Waals surface area contributed by atoms with Gasteiger partial charge in [0.15, 0.2) is 9.84 Å². The molecular weight excluding hydrogens is 307 g/mol. The van der Waals surface area contributed by atoms with Crippen molar-refractivity contribution < 1.29 is 17.6 Å². The summed E-state index contributed by atoms with van der Waals surface area (Å²) in [5.41, 5.74) is 0.133. The van der Waals surface area contributed by atoms with Crippen molar-refractivity contribution in [2.24, 2.45) is 5.92 Å². The molecule has 0 spiro atoms. The van der Waals surface area contributed by atoms with Gasteiger partial charge in [0.2, 0.25) is 0 Å². The fraction of sp³-hybridized carbons (Fsp3) is 0.533. The molecule has 0 bridgehead atoms. The summed E-state index contributed by atoms with van der Waals surface area (Å²) in [4.78, 5) is 13.7. The quantitative estimate of drug-likeness (QED) is 0.924. The summed E-state index contributed by atoms with van der Waals surface area (Å²) in [5.74, 6) is -0.309. The summed E-state index contributed by atoms with van der Waals surface area (Å²) >= 11 is 0. The van der Waals surface area contributed by atoms with Crippen LogP contribution in [0.2, 0.25) is 0 Å². The van der Waals surface area contributed by atoms with Crippen molar-refractivity contribution in [2.75, 3.05) is 24.2 Å². The Morgan fingerprint density at radius 1 is 1.41 bits per heavy atom. The third kappa shape index (κ3) is 3.58. The number of anilines is 1. The molecule has 1 aromatic carbocycles. The lowest BCUT2D eigenvalue weighted by Crippen LogP contribution is -2.33. The Kier molecular flexibility index (Phi) is 5.05. The minimum absolute atomic E-state index is 0.133. The topological polar surface area (TPSA) is 66.5 Å². The van der Waals surface area contributed by atoms with Gasteiger partial charge in [0, 0.05) is 13.1 Å². The lowest BCUT2D eigenvalue weighted by Gasteiger charge is -2.18. The standard InChI is InChI=1S/C15H21FN2O3S/c1-3-11-7-8-18(10-11)15(19)17-13-6-5-12(16)9-14(13)22(20,21)4-2/h5-6,9,11H,3-4,7-8,10H2,1-2H3,(H,17,19)/t11-/m1/s1. The second-order valence-electron chi connectivity index (χ2n) is 5.48. The number of likely N-dealkylation sites (tertiary alicyclic amines) is 1. The number of carbonyl (C=O) groups is 1. The van der Waals surface area contributed by atoms with Crippen LogP contribution in [-0.4, -0.2) is 38.2 Å². The van der Waals surface area contributed by atoms with Crippen molar-refractivity contribution in [3.05, 3.63) is 24.0 Å². The first kappa shape index (κ1) is 16.7. The van der Waals surface area contributed by atoms with E-state index in [9.17, 15) is 17.6 Å². The molecule has 1 aliphatic rings. The zero-order chi connectivity index (χ0) is 16.3. The predicted molar refractivity (Wildman–Crippen MR) is 83.1 cm³/mol. The maximum atomic E-state index is 13.4. The van der Waals surface area contributed by atoms with Crippen LogP contribution in [0, 0.1) is 11.7 Å². The van der Waals surface area contributed by atoms with E-state index in [-0.39, 0.29) is 22.4 Å². The van der Waals surface area contributed by atoms with E-state index in [4.69, 9.17) is 0 Å². The van der Waals surface area contributed by atoms with Crippen LogP contribution in [0.15, 0.2) is 23.1 Å². The number of nitrogens with one attached hydrogen (secondary N) is 1. The van der Waals surface area contributed by atoms with Gasteiger partial charge in [-0.15, -0.1) is 0 Å². The number of amides is 2. The zero-order valence-electron chi connectivity index (χ0n) is 12.8. The van der Waals surface area contributed by atoms with E-state index in [1.807, 2.05) is 0 Å². The van der Waals surface area contributed by atoms with Crippen molar-refractivity contribution in [1.82, 2.24) is 4.90 Å².